The Bertz CT molecular complexity index is 738. The fraction of sp³-hybridized carbons (Fsp3) is 0.176. The molecule has 2 N–H and O–H groups in total. The predicted molar refractivity (Wildman–Crippen MR) is 76.4 cm³/mol. The van der Waals surface area contributed by atoms with Gasteiger partial charge in [-0.05, 0) is 42.2 Å². The summed E-state index contributed by atoms with van der Waals surface area (Å²) in [4.78, 5) is 3.19. The van der Waals surface area contributed by atoms with Crippen molar-refractivity contribution in [2.24, 2.45) is 0 Å². The molecule has 1 aliphatic rings. The van der Waals surface area contributed by atoms with Crippen LogP contribution in [0.3, 0.4) is 0 Å². The summed E-state index contributed by atoms with van der Waals surface area (Å²) in [5, 5.41) is 11.1. The van der Waals surface area contributed by atoms with Crippen LogP contribution in [0, 0.1) is 0 Å². The van der Waals surface area contributed by atoms with Gasteiger partial charge < -0.3 is 10.1 Å². The number of benzene rings is 2. The summed E-state index contributed by atoms with van der Waals surface area (Å²) in [7, 11) is 0. The first kappa shape index (κ1) is 10.7. The lowest BCUT2D eigenvalue weighted by molar-refractivity contribution is 0.480. The van der Waals surface area contributed by atoms with Gasteiger partial charge in [0.1, 0.15) is 5.75 Å². The second kappa shape index (κ2) is 3.64. The molecule has 2 nitrogen and oxygen atoms in total. The topological polar surface area (TPSA) is 36.0 Å². The summed E-state index contributed by atoms with van der Waals surface area (Å²) in [6, 6.07) is 16.6. The number of fused-ring (bicyclic) bond motifs is 1. The molecule has 0 atom stereocenters. The highest BCUT2D eigenvalue weighted by atomic mass is 16.3. The van der Waals surface area contributed by atoms with Crippen molar-refractivity contribution in [3.63, 3.8) is 0 Å². The first-order valence-corrected chi connectivity index (χ1v) is 6.66. The maximum absolute atomic E-state index is 10.2. The molecular formula is C17H15NO. The van der Waals surface area contributed by atoms with E-state index < -0.39 is 0 Å². The Balaban J connectivity index is 1.91. The van der Waals surface area contributed by atoms with Crippen molar-refractivity contribution < 1.29 is 5.11 Å². The maximum atomic E-state index is 10.2. The minimum Gasteiger partial charge on any atom is -0.507 e. The molecule has 0 spiro atoms. The first-order chi connectivity index (χ1) is 9.29. The minimum atomic E-state index is 0.109. The Hall–Kier alpha value is -2.22. The van der Waals surface area contributed by atoms with Crippen molar-refractivity contribution in [2.75, 3.05) is 0 Å². The zero-order chi connectivity index (χ0) is 12.9. The molecule has 94 valence electrons. The number of rotatable bonds is 2. The number of nitrogens with one attached hydrogen (secondary N) is 1. The Kier molecular flexibility index (Phi) is 2.05. The smallest absolute Gasteiger partial charge is 0.125 e. The molecule has 0 aliphatic heterocycles. The summed E-state index contributed by atoms with van der Waals surface area (Å²) in [5.41, 5.74) is 3.68. The molecule has 3 aromatic rings. The summed E-state index contributed by atoms with van der Waals surface area (Å²) >= 11 is 0. The highest BCUT2D eigenvalue weighted by molar-refractivity contribution is 5.86. The zero-order valence-electron chi connectivity index (χ0n) is 10.6. The molecule has 1 saturated carbocycles. The lowest BCUT2D eigenvalue weighted by atomic mass is 9.87. The van der Waals surface area contributed by atoms with Crippen LogP contribution in [0.1, 0.15) is 24.0 Å². The Morgan fingerprint density at radius 1 is 0.947 bits per heavy atom. The van der Waals surface area contributed by atoms with Gasteiger partial charge in [0.25, 0.3) is 0 Å². The summed E-state index contributed by atoms with van der Waals surface area (Å²) < 4.78 is 0. The van der Waals surface area contributed by atoms with Crippen molar-refractivity contribution in [3.05, 3.63) is 65.9 Å². The first-order valence-electron chi connectivity index (χ1n) is 6.66. The molecule has 1 aromatic heterocycles. The van der Waals surface area contributed by atoms with Gasteiger partial charge in [-0.15, -0.1) is 0 Å². The third kappa shape index (κ3) is 1.49. The lowest BCUT2D eigenvalue weighted by Gasteiger charge is -2.17. The highest BCUT2D eigenvalue weighted by Gasteiger charge is 2.46. The van der Waals surface area contributed by atoms with E-state index in [1.165, 1.54) is 11.1 Å². The average Bonchev–Trinajstić information content (AvgIpc) is 3.12. The van der Waals surface area contributed by atoms with E-state index in [9.17, 15) is 5.11 Å². The number of phenols is 1. The quantitative estimate of drug-likeness (QED) is 0.708. The van der Waals surface area contributed by atoms with Gasteiger partial charge in [-0.25, -0.2) is 0 Å². The number of aromatic nitrogens is 1. The van der Waals surface area contributed by atoms with Crippen LogP contribution in [0.4, 0.5) is 0 Å². The summed E-state index contributed by atoms with van der Waals surface area (Å²) in [5.74, 6) is 0.371. The van der Waals surface area contributed by atoms with Gasteiger partial charge in [-0.3, -0.25) is 0 Å². The predicted octanol–water partition coefficient (Wildman–Crippen LogP) is 3.95. The molecule has 1 aliphatic carbocycles. The number of phenolic OH excluding ortho intramolecular Hbond substituents is 1. The van der Waals surface area contributed by atoms with Crippen molar-refractivity contribution in [3.8, 4) is 5.75 Å². The third-order valence-electron chi connectivity index (χ3n) is 4.28. The molecule has 0 saturated heterocycles. The van der Waals surface area contributed by atoms with E-state index in [-0.39, 0.29) is 5.41 Å². The van der Waals surface area contributed by atoms with Crippen LogP contribution < -0.4 is 0 Å². The van der Waals surface area contributed by atoms with Gasteiger partial charge in [0.15, 0.2) is 0 Å². The van der Waals surface area contributed by atoms with Crippen molar-refractivity contribution in [2.45, 2.75) is 18.3 Å². The van der Waals surface area contributed by atoms with Crippen LogP contribution in [-0.4, -0.2) is 10.1 Å². The molecular weight excluding hydrogens is 234 g/mol. The Labute approximate surface area is 111 Å². The number of H-pyrrole nitrogens is 1. The molecule has 0 amide bonds. The van der Waals surface area contributed by atoms with E-state index in [2.05, 4.69) is 35.3 Å². The monoisotopic (exact) mass is 249 g/mol. The average molecular weight is 249 g/mol. The van der Waals surface area contributed by atoms with Gasteiger partial charge in [-0.2, -0.15) is 0 Å². The van der Waals surface area contributed by atoms with Gasteiger partial charge >= 0.3 is 0 Å². The van der Waals surface area contributed by atoms with Crippen LogP contribution in [0.25, 0.3) is 10.9 Å². The van der Waals surface area contributed by atoms with E-state index in [0.29, 0.717) is 5.75 Å². The van der Waals surface area contributed by atoms with Gasteiger partial charge in [0, 0.05) is 22.5 Å². The van der Waals surface area contributed by atoms with Crippen LogP contribution in [0.15, 0.2) is 54.7 Å². The van der Waals surface area contributed by atoms with Gasteiger partial charge in [0.05, 0.1) is 0 Å². The van der Waals surface area contributed by atoms with E-state index in [1.807, 2.05) is 24.4 Å². The third-order valence-corrected chi connectivity index (χ3v) is 4.28. The standard InChI is InChI=1S/C17H15NO/c19-16-11-13(10-15-14(16)6-9-18-15)17(7-8-17)12-4-2-1-3-5-12/h1-6,9-11,18-19H,7-8H2. The highest BCUT2D eigenvalue weighted by Crippen LogP contribution is 2.54. The van der Waals surface area contributed by atoms with E-state index >= 15 is 0 Å². The Morgan fingerprint density at radius 2 is 1.74 bits per heavy atom. The van der Waals surface area contributed by atoms with Gasteiger partial charge in [0.2, 0.25) is 0 Å². The summed E-state index contributed by atoms with van der Waals surface area (Å²) in [6.07, 6.45) is 4.18. The Morgan fingerprint density at radius 3 is 2.47 bits per heavy atom. The molecule has 2 aromatic carbocycles. The van der Waals surface area contributed by atoms with E-state index in [0.717, 1.165) is 23.7 Å². The fourth-order valence-corrected chi connectivity index (χ4v) is 3.05. The van der Waals surface area contributed by atoms with Gasteiger partial charge in [-0.1, -0.05) is 30.3 Å². The molecule has 0 unspecified atom stereocenters. The van der Waals surface area contributed by atoms with E-state index in [4.69, 9.17) is 0 Å². The SMILES string of the molecule is Oc1cc(C2(c3ccccc3)CC2)cc2[nH]ccc12. The van der Waals surface area contributed by atoms with Crippen LogP contribution >= 0.6 is 0 Å². The maximum Gasteiger partial charge on any atom is 0.125 e. The van der Waals surface area contributed by atoms with Crippen LogP contribution in [-0.2, 0) is 5.41 Å². The molecule has 2 heteroatoms. The molecule has 4 rings (SSSR count). The van der Waals surface area contributed by atoms with Crippen LogP contribution in [0.2, 0.25) is 0 Å². The molecule has 0 radical (unpaired) electrons. The largest absolute Gasteiger partial charge is 0.507 e. The van der Waals surface area contributed by atoms with Crippen LogP contribution in [0.5, 0.6) is 5.75 Å². The zero-order valence-corrected chi connectivity index (χ0v) is 10.6. The normalized spacial score (nSPS) is 16.6. The number of aromatic amines is 1. The molecule has 1 heterocycles. The molecule has 1 fully saturated rings. The summed E-state index contributed by atoms with van der Waals surface area (Å²) in [6.45, 7) is 0. The minimum absolute atomic E-state index is 0.109. The molecule has 19 heavy (non-hydrogen) atoms. The van der Waals surface area contributed by atoms with Crippen molar-refractivity contribution in [1.29, 1.82) is 0 Å². The fourth-order valence-electron chi connectivity index (χ4n) is 3.05. The van der Waals surface area contributed by atoms with Crippen molar-refractivity contribution in [1.82, 2.24) is 4.98 Å². The second-order valence-corrected chi connectivity index (χ2v) is 5.38. The number of hydrogen-bond donors (Lipinski definition) is 2. The number of hydrogen-bond acceptors (Lipinski definition) is 1. The van der Waals surface area contributed by atoms with Crippen molar-refractivity contribution >= 4 is 10.9 Å². The molecule has 0 bridgehead atoms. The number of aromatic hydroxyl groups is 1. The van der Waals surface area contributed by atoms with E-state index in [1.54, 1.807) is 0 Å². The second-order valence-electron chi connectivity index (χ2n) is 5.38. The lowest BCUT2D eigenvalue weighted by Crippen LogP contribution is -2.08.